The fourth-order valence-corrected chi connectivity index (χ4v) is 2.75. The molecule has 2 unspecified atom stereocenters. The van der Waals surface area contributed by atoms with Crippen molar-refractivity contribution in [3.05, 3.63) is 22.6 Å². The Hall–Kier alpha value is -2.45. The quantitative estimate of drug-likeness (QED) is 0.408. The Kier molecular flexibility index (Phi) is 4.02. The lowest BCUT2D eigenvalue weighted by molar-refractivity contribution is -0.0719. The highest BCUT2D eigenvalue weighted by atomic mass is 19.1. The number of hydrogen-bond donors (Lipinski definition) is 5. The molecule has 128 valence electrons. The van der Waals surface area contributed by atoms with E-state index in [4.69, 9.17) is 10.5 Å². The lowest BCUT2D eigenvalue weighted by Gasteiger charge is -2.26. The van der Waals surface area contributed by atoms with Crippen LogP contribution in [-0.2, 0) is 4.74 Å². The lowest BCUT2D eigenvalue weighted by Crippen LogP contribution is -2.46. The first kappa shape index (κ1) is 16.4. The van der Waals surface area contributed by atoms with E-state index in [2.05, 4.69) is 21.8 Å². The second-order valence-corrected chi connectivity index (χ2v) is 5.33. The van der Waals surface area contributed by atoms with Gasteiger partial charge in [0.25, 0.3) is 5.56 Å². The van der Waals surface area contributed by atoms with Crippen molar-refractivity contribution in [1.29, 1.82) is 0 Å². The van der Waals surface area contributed by atoms with Crippen LogP contribution in [0.15, 0.2) is 17.1 Å². The molecule has 1 aliphatic rings. The summed E-state index contributed by atoms with van der Waals surface area (Å²) in [7, 11) is 0. The summed E-state index contributed by atoms with van der Waals surface area (Å²) in [5.41, 5.74) is 2.92. The van der Waals surface area contributed by atoms with Gasteiger partial charge in [-0.25, -0.2) is 4.39 Å². The Morgan fingerprint density at radius 2 is 2.33 bits per heavy atom. The first-order valence-electron chi connectivity index (χ1n) is 7.01. The van der Waals surface area contributed by atoms with Crippen LogP contribution in [-0.4, -0.2) is 60.9 Å². The van der Waals surface area contributed by atoms with E-state index in [0.29, 0.717) is 0 Å². The predicted molar refractivity (Wildman–Crippen MR) is 80.5 cm³/mol. The van der Waals surface area contributed by atoms with Gasteiger partial charge in [0.2, 0.25) is 5.95 Å². The SMILES string of the molecule is Nc1nc2c(ccn2[C@@H]2OC(CO)C(O)[C@]2(O)C#CCF)c(=O)[nH]1. The van der Waals surface area contributed by atoms with Crippen molar-refractivity contribution in [2.45, 2.75) is 24.0 Å². The monoisotopic (exact) mass is 338 g/mol. The van der Waals surface area contributed by atoms with Crippen molar-refractivity contribution in [3.63, 3.8) is 0 Å². The maximum atomic E-state index is 12.4. The van der Waals surface area contributed by atoms with Crippen molar-refractivity contribution in [1.82, 2.24) is 14.5 Å². The summed E-state index contributed by atoms with van der Waals surface area (Å²) in [5.74, 6) is 4.14. The number of nitrogens with zero attached hydrogens (tertiary/aromatic N) is 2. The number of rotatable bonds is 2. The average Bonchev–Trinajstić information content (AvgIpc) is 3.06. The molecule has 0 amide bonds. The summed E-state index contributed by atoms with van der Waals surface area (Å²) in [6.07, 6.45) is -2.67. The number of ether oxygens (including phenoxy) is 1. The number of aromatic nitrogens is 3. The number of aliphatic hydroxyl groups excluding tert-OH is 2. The van der Waals surface area contributed by atoms with Crippen molar-refractivity contribution >= 4 is 17.0 Å². The summed E-state index contributed by atoms with van der Waals surface area (Å²) in [4.78, 5) is 18.2. The number of H-pyrrole nitrogens is 1. The number of fused-ring (bicyclic) bond motifs is 1. The number of nitrogens with one attached hydrogen (secondary N) is 1. The number of alkyl halides is 1. The van der Waals surface area contributed by atoms with E-state index in [1.54, 1.807) is 0 Å². The van der Waals surface area contributed by atoms with E-state index in [9.17, 15) is 24.5 Å². The molecule has 0 saturated carbocycles. The second kappa shape index (κ2) is 5.88. The van der Waals surface area contributed by atoms with Gasteiger partial charge in [0.1, 0.15) is 18.9 Å². The summed E-state index contributed by atoms with van der Waals surface area (Å²) < 4.78 is 19.1. The number of hydrogen-bond acceptors (Lipinski definition) is 7. The van der Waals surface area contributed by atoms with Crippen LogP contribution in [0.1, 0.15) is 6.23 Å². The van der Waals surface area contributed by atoms with Gasteiger partial charge in [-0.05, 0) is 6.07 Å². The fraction of sp³-hybridized carbons (Fsp3) is 0.429. The molecule has 24 heavy (non-hydrogen) atoms. The minimum absolute atomic E-state index is 0.0903. The molecule has 3 rings (SSSR count). The van der Waals surface area contributed by atoms with Gasteiger partial charge in [-0.15, -0.1) is 0 Å². The van der Waals surface area contributed by atoms with E-state index in [1.165, 1.54) is 16.8 Å². The molecule has 0 aliphatic carbocycles. The highest BCUT2D eigenvalue weighted by molar-refractivity contribution is 5.76. The number of aromatic amines is 1. The van der Waals surface area contributed by atoms with Gasteiger partial charge < -0.3 is 30.4 Å². The molecule has 2 aromatic heterocycles. The van der Waals surface area contributed by atoms with Crippen LogP contribution in [0.3, 0.4) is 0 Å². The topological polar surface area (TPSA) is 147 Å². The average molecular weight is 338 g/mol. The van der Waals surface area contributed by atoms with Crippen molar-refractivity contribution in [2.24, 2.45) is 0 Å². The molecule has 0 aromatic carbocycles. The van der Waals surface area contributed by atoms with E-state index in [-0.39, 0.29) is 17.0 Å². The molecule has 3 heterocycles. The molecule has 0 spiro atoms. The van der Waals surface area contributed by atoms with Gasteiger partial charge in [0.05, 0.1) is 12.0 Å². The molecule has 0 radical (unpaired) electrons. The van der Waals surface area contributed by atoms with E-state index < -0.39 is 42.9 Å². The fourth-order valence-electron chi connectivity index (χ4n) is 2.75. The zero-order valence-electron chi connectivity index (χ0n) is 12.3. The van der Waals surface area contributed by atoms with E-state index >= 15 is 0 Å². The second-order valence-electron chi connectivity index (χ2n) is 5.33. The molecular weight excluding hydrogens is 323 g/mol. The number of anilines is 1. The van der Waals surface area contributed by atoms with Crippen LogP contribution >= 0.6 is 0 Å². The largest absolute Gasteiger partial charge is 0.394 e. The van der Waals surface area contributed by atoms with Gasteiger partial charge in [0.15, 0.2) is 17.5 Å². The molecule has 1 aliphatic heterocycles. The van der Waals surface area contributed by atoms with Gasteiger partial charge in [0, 0.05) is 6.20 Å². The number of aliphatic hydroxyl groups is 3. The smallest absolute Gasteiger partial charge is 0.261 e. The molecule has 0 bridgehead atoms. The number of halogens is 1. The summed E-state index contributed by atoms with van der Waals surface area (Å²) in [6.45, 7) is -1.63. The van der Waals surface area contributed by atoms with Gasteiger partial charge in [-0.3, -0.25) is 9.78 Å². The molecule has 1 saturated heterocycles. The molecular formula is C14H15FN4O5. The van der Waals surface area contributed by atoms with Crippen LogP contribution < -0.4 is 11.3 Å². The van der Waals surface area contributed by atoms with Crippen LogP contribution in [0.2, 0.25) is 0 Å². The molecule has 6 N–H and O–H groups in total. The predicted octanol–water partition coefficient (Wildman–Crippen LogP) is -1.74. The van der Waals surface area contributed by atoms with Gasteiger partial charge >= 0.3 is 0 Å². The third-order valence-electron chi connectivity index (χ3n) is 3.87. The van der Waals surface area contributed by atoms with Crippen LogP contribution in [0.4, 0.5) is 10.3 Å². The standard InChI is InChI=1S/C14H15FN4O5/c15-4-1-3-14(23)9(21)8(6-20)24-12(14)19-5-2-7-10(19)17-13(16)18-11(7)22/h2,5,8-9,12,20-21,23H,4,6H2,(H3,16,17,18,22)/t8?,9?,12-,14-/m1/s1. The van der Waals surface area contributed by atoms with Crippen LogP contribution in [0.5, 0.6) is 0 Å². The first-order chi connectivity index (χ1) is 11.4. The molecule has 2 aromatic rings. The summed E-state index contributed by atoms with van der Waals surface area (Å²) in [5, 5.41) is 30.4. The van der Waals surface area contributed by atoms with Gasteiger partial charge in [-0.1, -0.05) is 11.8 Å². The van der Waals surface area contributed by atoms with E-state index in [0.717, 1.165) is 0 Å². The van der Waals surface area contributed by atoms with Gasteiger partial charge in [-0.2, -0.15) is 4.98 Å². The molecule has 4 atom stereocenters. The maximum Gasteiger partial charge on any atom is 0.261 e. The number of nitrogens with two attached hydrogens (primary N) is 1. The Balaban J connectivity index is 2.18. The Bertz CT molecular complexity index is 885. The highest BCUT2D eigenvalue weighted by Crippen LogP contribution is 2.39. The highest BCUT2D eigenvalue weighted by Gasteiger charge is 2.55. The maximum absolute atomic E-state index is 12.4. The zero-order valence-corrected chi connectivity index (χ0v) is 12.3. The Morgan fingerprint density at radius 1 is 1.58 bits per heavy atom. The van der Waals surface area contributed by atoms with Crippen molar-refractivity contribution < 1.29 is 24.4 Å². The summed E-state index contributed by atoms with van der Waals surface area (Å²) >= 11 is 0. The lowest BCUT2D eigenvalue weighted by atomic mass is 9.94. The third kappa shape index (κ3) is 2.35. The Labute approximate surface area is 134 Å². The van der Waals surface area contributed by atoms with E-state index in [1.807, 2.05) is 0 Å². The molecule has 9 nitrogen and oxygen atoms in total. The van der Waals surface area contributed by atoms with Crippen LogP contribution in [0, 0.1) is 11.8 Å². The normalized spacial score (nSPS) is 29.6. The zero-order chi connectivity index (χ0) is 17.5. The van der Waals surface area contributed by atoms with Crippen molar-refractivity contribution in [2.75, 3.05) is 19.0 Å². The van der Waals surface area contributed by atoms with Crippen molar-refractivity contribution in [3.8, 4) is 11.8 Å². The molecule has 1 fully saturated rings. The minimum atomic E-state index is -2.20. The summed E-state index contributed by atoms with van der Waals surface area (Å²) in [6, 6.07) is 1.42. The first-order valence-corrected chi connectivity index (χ1v) is 7.01. The third-order valence-corrected chi connectivity index (χ3v) is 3.87. The number of nitrogen functional groups attached to an aromatic ring is 1. The molecule has 10 heteroatoms. The minimum Gasteiger partial charge on any atom is -0.394 e. The van der Waals surface area contributed by atoms with Crippen LogP contribution in [0.25, 0.3) is 11.0 Å². The Morgan fingerprint density at radius 3 is 3.00 bits per heavy atom.